The average molecular weight is 318 g/mol. The van der Waals surface area contributed by atoms with Crippen LogP contribution < -0.4 is 0 Å². The van der Waals surface area contributed by atoms with E-state index in [0.717, 1.165) is 17.8 Å². The van der Waals surface area contributed by atoms with Crippen LogP contribution in [0.3, 0.4) is 0 Å². The van der Waals surface area contributed by atoms with Crippen LogP contribution in [0.2, 0.25) is 0 Å². The molecule has 20 heavy (non-hydrogen) atoms. The zero-order valence-corrected chi connectivity index (χ0v) is 13.3. The maximum absolute atomic E-state index is 12.7. The quantitative estimate of drug-likeness (QED) is 0.899. The van der Waals surface area contributed by atoms with Gasteiger partial charge in [-0.15, -0.1) is 11.3 Å². The minimum Gasteiger partial charge on any atom is -0.477 e. The lowest BCUT2D eigenvalue weighted by atomic mass is 10.2. The molecule has 2 heterocycles. The largest absolute Gasteiger partial charge is 0.477 e. The van der Waals surface area contributed by atoms with E-state index < -0.39 is 16.0 Å². The number of rotatable bonds is 4. The van der Waals surface area contributed by atoms with Gasteiger partial charge in [0, 0.05) is 19.1 Å². The van der Waals surface area contributed by atoms with Crippen molar-refractivity contribution in [2.45, 2.75) is 24.3 Å². The third-order valence-corrected chi connectivity index (χ3v) is 6.84. The van der Waals surface area contributed by atoms with E-state index in [-0.39, 0.29) is 15.8 Å². The second-order valence-electron chi connectivity index (χ2n) is 5.15. The molecule has 8 heteroatoms. The Morgan fingerprint density at radius 3 is 2.65 bits per heavy atom. The third kappa shape index (κ3) is 2.60. The molecular formula is C12H18N2O4S2. The lowest BCUT2D eigenvalue weighted by molar-refractivity contribution is 0.0698. The van der Waals surface area contributed by atoms with Crippen LogP contribution in [0.1, 0.15) is 21.7 Å². The fourth-order valence-electron chi connectivity index (χ4n) is 2.38. The number of hydrogen-bond donors (Lipinski definition) is 1. The lowest BCUT2D eigenvalue weighted by Crippen LogP contribution is -2.35. The predicted octanol–water partition coefficient (Wildman–Crippen LogP) is 1.08. The van der Waals surface area contributed by atoms with E-state index in [1.807, 2.05) is 19.0 Å². The summed E-state index contributed by atoms with van der Waals surface area (Å²) in [6.07, 6.45) is 0.762. The van der Waals surface area contributed by atoms with Crippen LogP contribution in [0.15, 0.2) is 10.3 Å². The molecule has 112 valence electrons. The molecule has 1 aliphatic rings. The van der Waals surface area contributed by atoms with Crippen molar-refractivity contribution in [1.82, 2.24) is 9.21 Å². The minimum absolute atomic E-state index is 0.0468. The number of thiophene rings is 1. The van der Waals surface area contributed by atoms with E-state index in [4.69, 9.17) is 5.11 Å². The van der Waals surface area contributed by atoms with Crippen LogP contribution in [0.5, 0.6) is 0 Å². The Kier molecular flexibility index (Phi) is 4.19. The highest BCUT2D eigenvalue weighted by atomic mass is 32.2. The molecule has 1 aromatic heterocycles. The van der Waals surface area contributed by atoms with Crippen molar-refractivity contribution in [2.24, 2.45) is 0 Å². The summed E-state index contributed by atoms with van der Waals surface area (Å²) in [6.45, 7) is 2.47. The van der Waals surface area contributed by atoms with Crippen LogP contribution in [0.25, 0.3) is 0 Å². The average Bonchev–Trinajstić information content (AvgIpc) is 2.94. The standard InChI is InChI=1S/C12H18N2O4S2/c1-8-7-19-10(12(15)16)11(8)20(17,18)14-5-4-9(6-14)13(2)3/h7,9H,4-6H2,1-3H3,(H,15,16). The van der Waals surface area contributed by atoms with Crippen molar-refractivity contribution >= 4 is 27.3 Å². The van der Waals surface area contributed by atoms with Crippen LogP contribution in [0, 0.1) is 6.92 Å². The summed E-state index contributed by atoms with van der Waals surface area (Å²) >= 11 is 0.961. The molecule has 2 rings (SSSR count). The molecule has 1 N–H and O–H groups in total. The van der Waals surface area contributed by atoms with Gasteiger partial charge < -0.3 is 10.0 Å². The molecule has 1 unspecified atom stereocenters. The number of nitrogens with zero attached hydrogens (tertiary/aromatic N) is 2. The molecule has 1 aromatic rings. The second-order valence-corrected chi connectivity index (χ2v) is 7.91. The van der Waals surface area contributed by atoms with Gasteiger partial charge >= 0.3 is 5.97 Å². The zero-order chi connectivity index (χ0) is 15.1. The lowest BCUT2D eigenvalue weighted by Gasteiger charge is -2.20. The first-order chi connectivity index (χ1) is 9.25. The molecule has 0 saturated carbocycles. The number of carboxylic acid groups (broad SMARTS) is 1. The molecule has 0 amide bonds. The first-order valence-electron chi connectivity index (χ1n) is 6.23. The minimum atomic E-state index is -3.73. The summed E-state index contributed by atoms with van der Waals surface area (Å²) in [5, 5.41) is 10.7. The van der Waals surface area contributed by atoms with Gasteiger partial charge in [-0.25, -0.2) is 13.2 Å². The zero-order valence-electron chi connectivity index (χ0n) is 11.7. The Bertz CT molecular complexity index is 621. The van der Waals surface area contributed by atoms with Crippen LogP contribution in [0.4, 0.5) is 0 Å². The number of sulfonamides is 1. The second kappa shape index (κ2) is 5.44. The third-order valence-electron chi connectivity index (χ3n) is 3.57. The number of aryl methyl sites for hydroxylation is 1. The Morgan fingerprint density at radius 1 is 1.50 bits per heavy atom. The van der Waals surface area contributed by atoms with Gasteiger partial charge in [-0.1, -0.05) is 0 Å². The van der Waals surface area contributed by atoms with Crippen LogP contribution in [-0.4, -0.2) is 61.9 Å². The molecule has 0 spiro atoms. The molecule has 0 aromatic carbocycles. The van der Waals surface area contributed by atoms with Gasteiger partial charge in [0.25, 0.3) is 0 Å². The van der Waals surface area contributed by atoms with Gasteiger partial charge in [0.1, 0.15) is 9.77 Å². The Labute approximate surface area is 122 Å². The predicted molar refractivity (Wildman–Crippen MR) is 76.9 cm³/mol. The molecular weight excluding hydrogens is 300 g/mol. The number of carboxylic acids is 1. The van der Waals surface area contributed by atoms with Gasteiger partial charge in [-0.3, -0.25) is 0 Å². The Hall–Kier alpha value is -0.960. The van der Waals surface area contributed by atoms with E-state index in [9.17, 15) is 13.2 Å². The Morgan fingerprint density at radius 2 is 2.15 bits per heavy atom. The van der Waals surface area contributed by atoms with Crippen molar-refractivity contribution in [3.63, 3.8) is 0 Å². The molecule has 0 bridgehead atoms. The van der Waals surface area contributed by atoms with Crippen LogP contribution in [-0.2, 0) is 10.0 Å². The topological polar surface area (TPSA) is 77.9 Å². The summed E-state index contributed by atoms with van der Waals surface area (Å²) in [4.78, 5) is 13.0. The first-order valence-corrected chi connectivity index (χ1v) is 8.55. The molecule has 6 nitrogen and oxygen atoms in total. The van der Waals surface area contributed by atoms with Gasteiger partial charge in [-0.2, -0.15) is 4.31 Å². The van der Waals surface area contributed by atoms with Gasteiger partial charge in [0.2, 0.25) is 10.0 Å². The van der Waals surface area contributed by atoms with E-state index in [0.29, 0.717) is 18.7 Å². The summed E-state index contributed by atoms with van der Waals surface area (Å²) in [7, 11) is 0.100. The van der Waals surface area contributed by atoms with Crippen molar-refractivity contribution in [1.29, 1.82) is 0 Å². The highest BCUT2D eigenvalue weighted by Crippen LogP contribution is 2.31. The number of likely N-dealkylation sites (N-methyl/N-ethyl adjacent to an activating group) is 1. The van der Waals surface area contributed by atoms with Crippen molar-refractivity contribution in [3.05, 3.63) is 15.8 Å². The fraction of sp³-hybridized carbons (Fsp3) is 0.583. The molecule has 1 fully saturated rings. The van der Waals surface area contributed by atoms with Crippen LogP contribution >= 0.6 is 11.3 Å². The maximum atomic E-state index is 12.7. The monoisotopic (exact) mass is 318 g/mol. The number of hydrogen-bond acceptors (Lipinski definition) is 5. The van der Waals surface area contributed by atoms with Crippen molar-refractivity contribution in [2.75, 3.05) is 27.2 Å². The van der Waals surface area contributed by atoms with Gasteiger partial charge in [-0.05, 0) is 38.4 Å². The van der Waals surface area contributed by atoms with Gasteiger partial charge in [0.15, 0.2) is 0 Å². The van der Waals surface area contributed by atoms with Gasteiger partial charge in [0.05, 0.1) is 0 Å². The molecule has 1 saturated heterocycles. The summed E-state index contributed by atoms with van der Waals surface area (Å²) in [6, 6.07) is 0.178. The molecule has 1 atom stereocenters. The van der Waals surface area contributed by atoms with Crippen molar-refractivity contribution in [3.8, 4) is 0 Å². The maximum Gasteiger partial charge on any atom is 0.347 e. The summed E-state index contributed by atoms with van der Waals surface area (Å²) in [5.74, 6) is -1.19. The number of carbonyl (C=O) groups is 1. The highest BCUT2D eigenvalue weighted by molar-refractivity contribution is 7.89. The normalized spacial score (nSPS) is 20.7. The Balaban J connectivity index is 2.37. The molecule has 0 aliphatic carbocycles. The molecule has 1 aliphatic heterocycles. The number of aromatic carboxylic acids is 1. The smallest absolute Gasteiger partial charge is 0.347 e. The highest BCUT2D eigenvalue weighted by Gasteiger charge is 2.37. The summed E-state index contributed by atoms with van der Waals surface area (Å²) < 4.78 is 26.7. The first kappa shape index (κ1) is 15.4. The van der Waals surface area contributed by atoms with E-state index in [2.05, 4.69) is 0 Å². The van der Waals surface area contributed by atoms with E-state index in [1.54, 1.807) is 12.3 Å². The van der Waals surface area contributed by atoms with E-state index >= 15 is 0 Å². The fourth-order valence-corrected chi connectivity index (χ4v) is 5.46. The SMILES string of the molecule is Cc1csc(C(=O)O)c1S(=O)(=O)N1CCC(N(C)C)C1. The van der Waals surface area contributed by atoms with E-state index in [1.165, 1.54) is 4.31 Å². The summed E-state index contributed by atoms with van der Waals surface area (Å²) in [5.41, 5.74) is 0.501. The van der Waals surface area contributed by atoms with Crippen molar-refractivity contribution < 1.29 is 18.3 Å². The molecule has 0 radical (unpaired) electrons.